The van der Waals surface area contributed by atoms with E-state index < -0.39 is 0 Å². The van der Waals surface area contributed by atoms with Crippen LogP contribution >= 0.6 is 11.6 Å². The standard InChI is InChI=1S/C12H12ClFO2/c1-8-6-11(14)9(7-10(8)13)4-3-5-12(15)16-2/h3-4,6-7H,5H2,1-2H3. The van der Waals surface area contributed by atoms with E-state index in [1.807, 2.05) is 0 Å². The first-order chi connectivity index (χ1) is 7.54. The molecule has 0 saturated heterocycles. The molecule has 0 N–H and O–H groups in total. The van der Waals surface area contributed by atoms with Gasteiger partial charge in [-0.15, -0.1) is 0 Å². The summed E-state index contributed by atoms with van der Waals surface area (Å²) in [6.07, 6.45) is 3.16. The van der Waals surface area contributed by atoms with Crippen LogP contribution in [0.2, 0.25) is 5.02 Å². The molecule has 0 saturated carbocycles. The molecule has 0 amide bonds. The van der Waals surface area contributed by atoms with Crippen molar-refractivity contribution in [2.45, 2.75) is 13.3 Å². The van der Waals surface area contributed by atoms with E-state index in [9.17, 15) is 9.18 Å². The van der Waals surface area contributed by atoms with Gasteiger partial charge in [-0.25, -0.2) is 4.39 Å². The number of aryl methyl sites for hydroxylation is 1. The zero-order chi connectivity index (χ0) is 12.1. The van der Waals surface area contributed by atoms with Gasteiger partial charge in [-0.1, -0.05) is 23.8 Å². The Labute approximate surface area is 98.7 Å². The minimum absolute atomic E-state index is 0.113. The lowest BCUT2D eigenvalue weighted by Gasteiger charge is -2.01. The second kappa shape index (κ2) is 5.66. The van der Waals surface area contributed by atoms with E-state index in [1.54, 1.807) is 6.92 Å². The number of benzene rings is 1. The highest BCUT2D eigenvalue weighted by atomic mass is 35.5. The van der Waals surface area contributed by atoms with Crippen LogP contribution in [0.25, 0.3) is 6.08 Å². The first-order valence-electron chi connectivity index (χ1n) is 4.73. The highest BCUT2D eigenvalue weighted by Gasteiger charge is 2.03. The zero-order valence-electron chi connectivity index (χ0n) is 9.09. The van der Waals surface area contributed by atoms with Gasteiger partial charge < -0.3 is 4.74 Å². The van der Waals surface area contributed by atoms with Crippen molar-refractivity contribution in [3.05, 3.63) is 40.2 Å². The van der Waals surface area contributed by atoms with Crippen LogP contribution in [0.1, 0.15) is 17.5 Å². The minimum atomic E-state index is -0.366. The molecule has 0 aromatic heterocycles. The number of halogens is 2. The fraction of sp³-hybridized carbons (Fsp3) is 0.250. The summed E-state index contributed by atoms with van der Waals surface area (Å²) in [6, 6.07) is 2.89. The maximum atomic E-state index is 13.4. The Balaban J connectivity index is 2.81. The van der Waals surface area contributed by atoms with E-state index in [0.717, 1.165) is 0 Å². The van der Waals surface area contributed by atoms with Crippen LogP contribution in [-0.4, -0.2) is 13.1 Å². The number of esters is 1. The molecular weight excluding hydrogens is 231 g/mol. The fourth-order valence-electron chi connectivity index (χ4n) is 1.15. The number of methoxy groups -OCH3 is 1. The van der Waals surface area contributed by atoms with Crippen molar-refractivity contribution in [2.75, 3.05) is 7.11 Å². The molecule has 0 bridgehead atoms. The van der Waals surface area contributed by atoms with E-state index in [4.69, 9.17) is 11.6 Å². The summed E-state index contributed by atoms with van der Waals surface area (Å²) in [5.74, 6) is -0.724. The van der Waals surface area contributed by atoms with Gasteiger partial charge in [-0.3, -0.25) is 4.79 Å². The number of carbonyl (C=O) groups is 1. The Hall–Kier alpha value is -1.35. The highest BCUT2D eigenvalue weighted by molar-refractivity contribution is 6.31. The van der Waals surface area contributed by atoms with Gasteiger partial charge >= 0.3 is 5.97 Å². The van der Waals surface area contributed by atoms with Crippen LogP contribution < -0.4 is 0 Å². The molecule has 0 radical (unpaired) electrons. The van der Waals surface area contributed by atoms with Crippen LogP contribution in [0.3, 0.4) is 0 Å². The molecule has 1 aromatic carbocycles. The van der Waals surface area contributed by atoms with Crippen LogP contribution in [-0.2, 0) is 9.53 Å². The predicted octanol–water partition coefficient (Wildman–Crippen LogP) is 3.36. The number of hydrogen-bond donors (Lipinski definition) is 0. The lowest BCUT2D eigenvalue weighted by Crippen LogP contribution is -1.96. The van der Waals surface area contributed by atoms with Crippen molar-refractivity contribution < 1.29 is 13.9 Å². The van der Waals surface area contributed by atoms with E-state index in [1.165, 1.54) is 31.4 Å². The van der Waals surface area contributed by atoms with Gasteiger partial charge in [0.25, 0.3) is 0 Å². The molecule has 2 nitrogen and oxygen atoms in total. The van der Waals surface area contributed by atoms with Crippen molar-refractivity contribution in [1.82, 2.24) is 0 Å². The maximum Gasteiger partial charge on any atom is 0.309 e. The molecule has 4 heteroatoms. The van der Waals surface area contributed by atoms with Crippen LogP contribution in [0.15, 0.2) is 18.2 Å². The van der Waals surface area contributed by atoms with Crippen molar-refractivity contribution in [2.24, 2.45) is 0 Å². The Morgan fingerprint density at radius 1 is 1.56 bits per heavy atom. The second-order valence-corrected chi connectivity index (χ2v) is 3.71. The summed E-state index contributed by atoms with van der Waals surface area (Å²) >= 11 is 5.86. The molecule has 1 aromatic rings. The van der Waals surface area contributed by atoms with Crippen LogP contribution in [0.5, 0.6) is 0 Å². The van der Waals surface area contributed by atoms with Crippen LogP contribution in [0, 0.1) is 12.7 Å². The zero-order valence-corrected chi connectivity index (χ0v) is 9.84. The third-order valence-corrected chi connectivity index (χ3v) is 2.49. The van der Waals surface area contributed by atoms with Crippen molar-refractivity contribution >= 4 is 23.6 Å². The van der Waals surface area contributed by atoms with Gasteiger partial charge in [-0.05, 0) is 24.6 Å². The average Bonchev–Trinajstić information content (AvgIpc) is 2.25. The molecule has 16 heavy (non-hydrogen) atoms. The molecular formula is C12H12ClFO2. The van der Waals surface area contributed by atoms with Crippen molar-refractivity contribution in [1.29, 1.82) is 0 Å². The Bertz CT molecular complexity index is 427. The summed E-state index contributed by atoms with van der Waals surface area (Å²) in [6.45, 7) is 1.73. The first-order valence-corrected chi connectivity index (χ1v) is 5.11. The summed E-state index contributed by atoms with van der Waals surface area (Å²) in [7, 11) is 1.31. The molecule has 0 unspecified atom stereocenters. The molecule has 0 fully saturated rings. The van der Waals surface area contributed by atoms with Gasteiger partial charge in [0.2, 0.25) is 0 Å². The number of rotatable bonds is 3. The predicted molar refractivity (Wildman–Crippen MR) is 61.8 cm³/mol. The van der Waals surface area contributed by atoms with Gasteiger partial charge in [0.15, 0.2) is 0 Å². The smallest absolute Gasteiger partial charge is 0.309 e. The van der Waals surface area contributed by atoms with Gasteiger partial charge in [0, 0.05) is 10.6 Å². The molecule has 0 atom stereocenters. The minimum Gasteiger partial charge on any atom is -0.469 e. The normalized spacial score (nSPS) is 10.8. The summed E-state index contributed by atoms with van der Waals surface area (Å²) < 4.78 is 17.9. The summed E-state index contributed by atoms with van der Waals surface area (Å²) in [4.78, 5) is 10.8. The summed E-state index contributed by atoms with van der Waals surface area (Å²) in [5, 5.41) is 0.499. The topological polar surface area (TPSA) is 26.3 Å². The fourth-order valence-corrected chi connectivity index (χ4v) is 1.33. The van der Waals surface area contributed by atoms with E-state index in [-0.39, 0.29) is 18.2 Å². The molecule has 86 valence electrons. The monoisotopic (exact) mass is 242 g/mol. The van der Waals surface area contributed by atoms with Crippen LogP contribution in [0.4, 0.5) is 4.39 Å². The lowest BCUT2D eigenvalue weighted by atomic mass is 10.1. The van der Waals surface area contributed by atoms with E-state index in [0.29, 0.717) is 16.1 Å². The molecule has 0 aliphatic rings. The highest BCUT2D eigenvalue weighted by Crippen LogP contribution is 2.21. The number of hydrogen-bond acceptors (Lipinski definition) is 2. The third-order valence-electron chi connectivity index (χ3n) is 2.09. The first kappa shape index (κ1) is 12.7. The van der Waals surface area contributed by atoms with Crippen molar-refractivity contribution in [3.8, 4) is 0 Å². The Morgan fingerprint density at radius 2 is 2.25 bits per heavy atom. The SMILES string of the molecule is COC(=O)CC=Cc1cc(Cl)c(C)cc1F. The van der Waals surface area contributed by atoms with Gasteiger partial charge in [0.05, 0.1) is 13.5 Å². The molecule has 0 heterocycles. The quantitative estimate of drug-likeness (QED) is 0.760. The molecule has 0 aliphatic carbocycles. The third kappa shape index (κ3) is 3.35. The molecule has 1 rings (SSSR count). The largest absolute Gasteiger partial charge is 0.469 e. The van der Waals surface area contributed by atoms with Crippen molar-refractivity contribution in [3.63, 3.8) is 0 Å². The molecule has 0 aliphatic heterocycles. The lowest BCUT2D eigenvalue weighted by molar-refractivity contribution is -0.139. The average molecular weight is 243 g/mol. The van der Waals surface area contributed by atoms with E-state index in [2.05, 4.69) is 4.74 Å². The number of ether oxygens (including phenoxy) is 1. The molecule has 0 spiro atoms. The number of carbonyl (C=O) groups excluding carboxylic acids is 1. The summed E-state index contributed by atoms with van der Waals surface area (Å²) in [5.41, 5.74) is 1.05. The van der Waals surface area contributed by atoms with Gasteiger partial charge in [0.1, 0.15) is 5.82 Å². The second-order valence-electron chi connectivity index (χ2n) is 3.31. The maximum absolute atomic E-state index is 13.4. The van der Waals surface area contributed by atoms with Gasteiger partial charge in [-0.2, -0.15) is 0 Å². The van der Waals surface area contributed by atoms with E-state index >= 15 is 0 Å². The Morgan fingerprint density at radius 3 is 2.88 bits per heavy atom. The Kier molecular flexibility index (Phi) is 4.50.